The van der Waals surface area contributed by atoms with E-state index in [0.29, 0.717) is 5.56 Å². The Morgan fingerprint density at radius 3 is 2.80 bits per heavy atom. The Labute approximate surface area is 92.9 Å². The quantitative estimate of drug-likeness (QED) is 0.727. The Morgan fingerprint density at radius 2 is 2.13 bits per heavy atom. The van der Waals surface area contributed by atoms with Gasteiger partial charge in [-0.3, -0.25) is 9.78 Å². The summed E-state index contributed by atoms with van der Waals surface area (Å²) in [6, 6.07) is 9.28. The minimum atomic E-state index is -0.427. The number of carbonyl (C=O) groups is 1. The lowest BCUT2D eigenvalue weighted by Crippen LogP contribution is -1.97. The first kappa shape index (κ1) is 10.1. The van der Waals surface area contributed by atoms with Crippen LogP contribution in [0, 0.1) is 0 Å². The molecule has 0 aliphatic heterocycles. The van der Waals surface area contributed by atoms with E-state index in [9.17, 15) is 4.79 Å². The first-order chi connectivity index (χ1) is 7.22. The van der Waals surface area contributed by atoms with Crippen molar-refractivity contribution in [2.45, 2.75) is 13.3 Å². The molecule has 0 atom stereocenters. The molecule has 2 nitrogen and oxygen atoms in total. The summed E-state index contributed by atoms with van der Waals surface area (Å²) >= 11 is 5.54. The molecule has 0 saturated carbocycles. The van der Waals surface area contributed by atoms with Gasteiger partial charge in [-0.05, 0) is 30.2 Å². The molecule has 0 aliphatic carbocycles. The molecule has 0 N–H and O–H groups in total. The smallest absolute Gasteiger partial charge is 0.253 e. The Hall–Kier alpha value is -1.41. The number of aromatic nitrogens is 1. The second kappa shape index (κ2) is 3.99. The van der Waals surface area contributed by atoms with Crippen LogP contribution in [0.2, 0.25) is 0 Å². The van der Waals surface area contributed by atoms with E-state index < -0.39 is 5.24 Å². The molecule has 15 heavy (non-hydrogen) atoms. The second-order valence-electron chi connectivity index (χ2n) is 3.31. The number of fused-ring (bicyclic) bond motifs is 1. The van der Waals surface area contributed by atoms with Crippen molar-refractivity contribution < 1.29 is 4.79 Å². The second-order valence-corrected chi connectivity index (χ2v) is 3.65. The van der Waals surface area contributed by atoms with Crippen LogP contribution in [0.25, 0.3) is 10.9 Å². The van der Waals surface area contributed by atoms with Gasteiger partial charge in [0.15, 0.2) is 0 Å². The van der Waals surface area contributed by atoms with Gasteiger partial charge < -0.3 is 0 Å². The van der Waals surface area contributed by atoms with Crippen molar-refractivity contribution in [2.24, 2.45) is 0 Å². The molecule has 0 unspecified atom stereocenters. The standard InChI is InChI=1S/C12H10ClNO/c1-2-8-7-10(12(13)15)9-5-3-4-6-11(9)14-8/h3-7H,2H2,1H3. The van der Waals surface area contributed by atoms with Crippen LogP contribution in [-0.4, -0.2) is 10.2 Å². The van der Waals surface area contributed by atoms with Gasteiger partial charge in [0.2, 0.25) is 0 Å². The molecule has 1 aromatic carbocycles. The van der Waals surface area contributed by atoms with Gasteiger partial charge in [0.05, 0.1) is 5.52 Å². The summed E-state index contributed by atoms with van der Waals surface area (Å²) in [5.41, 5.74) is 2.25. The average Bonchev–Trinajstić information content (AvgIpc) is 2.27. The van der Waals surface area contributed by atoms with Crippen molar-refractivity contribution >= 4 is 27.7 Å². The highest BCUT2D eigenvalue weighted by Crippen LogP contribution is 2.20. The fraction of sp³-hybridized carbons (Fsp3) is 0.167. The van der Waals surface area contributed by atoms with Crippen molar-refractivity contribution in [3.05, 3.63) is 41.6 Å². The monoisotopic (exact) mass is 219 g/mol. The topological polar surface area (TPSA) is 30.0 Å². The van der Waals surface area contributed by atoms with Crippen LogP contribution in [0.5, 0.6) is 0 Å². The molecule has 3 heteroatoms. The number of rotatable bonds is 2. The zero-order valence-electron chi connectivity index (χ0n) is 8.33. The van der Waals surface area contributed by atoms with Gasteiger partial charge in [-0.1, -0.05) is 25.1 Å². The van der Waals surface area contributed by atoms with Gasteiger partial charge in [-0.25, -0.2) is 0 Å². The minimum absolute atomic E-state index is 0.427. The molecule has 2 aromatic rings. The van der Waals surface area contributed by atoms with Gasteiger partial charge in [0.25, 0.3) is 5.24 Å². The number of pyridine rings is 1. The van der Waals surface area contributed by atoms with Crippen molar-refractivity contribution in [3.63, 3.8) is 0 Å². The number of benzene rings is 1. The van der Waals surface area contributed by atoms with Gasteiger partial charge in [0, 0.05) is 16.6 Å². The highest BCUT2D eigenvalue weighted by molar-refractivity contribution is 6.68. The van der Waals surface area contributed by atoms with E-state index in [1.165, 1.54) is 0 Å². The summed E-state index contributed by atoms with van der Waals surface area (Å²) in [5.74, 6) is 0. The number of hydrogen-bond acceptors (Lipinski definition) is 2. The van der Waals surface area contributed by atoms with Crippen LogP contribution in [0.3, 0.4) is 0 Å². The third-order valence-electron chi connectivity index (χ3n) is 2.34. The number of halogens is 1. The molecule has 0 amide bonds. The van der Waals surface area contributed by atoms with Gasteiger partial charge >= 0.3 is 0 Å². The lowest BCUT2D eigenvalue weighted by atomic mass is 10.1. The molecular weight excluding hydrogens is 210 g/mol. The molecule has 0 aliphatic rings. The maximum atomic E-state index is 11.3. The summed E-state index contributed by atoms with van der Waals surface area (Å²) in [6.07, 6.45) is 0.794. The summed E-state index contributed by atoms with van der Waals surface area (Å²) in [7, 11) is 0. The molecule has 0 spiro atoms. The molecule has 0 radical (unpaired) electrons. The lowest BCUT2D eigenvalue weighted by Gasteiger charge is -2.04. The van der Waals surface area contributed by atoms with E-state index in [1.807, 2.05) is 31.2 Å². The minimum Gasteiger partial charge on any atom is -0.276 e. The highest BCUT2D eigenvalue weighted by atomic mass is 35.5. The Kier molecular flexibility index (Phi) is 2.69. The van der Waals surface area contributed by atoms with E-state index in [4.69, 9.17) is 11.6 Å². The van der Waals surface area contributed by atoms with E-state index >= 15 is 0 Å². The van der Waals surface area contributed by atoms with Crippen LogP contribution >= 0.6 is 11.6 Å². The summed E-state index contributed by atoms with van der Waals surface area (Å²) in [5, 5.41) is 0.387. The zero-order chi connectivity index (χ0) is 10.8. The third kappa shape index (κ3) is 1.85. The zero-order valence-corrected chi connectivity index (χ0v) is 9.08. The average molecular weight is 220 g/mol. The van der Waals surface area contributed by atoms with Crippen molar-refractivity contribution in [2.75, 3.05) is 0 Å². The summed E-state index contributed by atoms with van der Waals surface area (Å²) in [6.45, 7) is 2.00. The molecular formula is C12H10ClNO. The number of carbonyl (C=O) groups excluding carboxylic acids is 1. The Morgan fingerprint density at radius 1 is 1.40 bits per heavy atom. The van der Waals surface area contributed by atoms with E-state index in [0.717, 1.165) is 23.0 Å². The number of hydrogen-bond donors (Lipinski definition) is 0. The number of aryl methyl sites for hydroxylation is 1. The predicted molar refractivity (Wildman–Crippen MR) is 61.3 cm³/mol. The lowest BCUT2D eigenvalue weighted by molar-refractivity contribution is 0.108. The normalized spacial score (nSPS) is 10.5. The molecule has 0 fully saturated rings. The fourth-order valence-electron chi connectivity index (χ4n) is 1.57. The highest BCUT2D eigenvalue weighted by Gasteiger charge is 2.09. The van der Waals surface area contributed by atoms with Gasteiger partial charge in [-0.15, -0.1) is 0 Å². The van der Waals surface area contributed by atoms with Crippen LogP contribution in [0.15, 0.2) is 30.3 Å². The van der Waals surface area contributed by atoms with Crippen LogP contribution in [0.4, 0.5) is 0 Å². The third-order valence-corrected chi connectivity index (χ3v) is 2.55. The molecule has 1 heterocycles. The Bertz CT molecular complexity index is 522. The molecule has 1 aromatic heterocycles. The first-order valence-corrected chi connectivity index (χ1v) is 5.18. The van der Waals surface area contributed by atoms with E-state index in [-0.39, 0.29) is 0 Å². The summed E-state index contributed by atoms with van der Waals surface area (Å²) in [4.78, 5) is 15.7. The molecule has 76 valence electrons. The maximum absolute atomic E-state index is 11.3. The molecule has 2 rings (SSSR count). The van der Waals surface area contributed by atoms with Crippen LogP contribution in [0.1, 0.15) is 23.0 Å². The summed E-state index contributed by atoms with van der Waals surface area (Å²) < 4.78 is 0. The first-order valence-electron chi connectivity index (χ1n) is 4.81. The Balaban J connectivity index is 2.80. The van der Waals surface area contributed by atoms with E-state index in [2.05, 4.69) is 4.98 Å². The predicted octanol–water partition coefficient (Wildman–Crippen LogP) is 3.18. The molecule has 0 bridgehead atoms. The van der Waals surface area contributed by atoms with Crippen molar-refractivity contribution in [1.82, 2.24) is 4.98 Å². The van der Waals surface area contributed by atoms with Crippen LogP contribution in [-0.2, 0) is 6.42 Å². The van der Waals surface area contributed by atoms with Crippen LogP contribution < -0.4 is 0 Å². The SMILES string of the molecule is CCc1cc(C(=O)Cl)c2ccccc2n1. The maximum Gasteiger partial charge on any atom is 0.253 e. The number of para-hydroxylation sites is 1. The fourth-order valence-corrected chi connectivity index (χ4v) is 1.73. The van der Waals surface area contributed by atoms with E-state index in [1.54, 1.807) is 6.07 Å². The number of nitrogens with zero attached hydrogens (tertiary/aromatic N) is 1. The molecule has 0 saturated heterocycles. The van der Waals surface area contributed by atoms with Gasteiger partial charge in [0.1, 0.15) is 0 Å². The van der Waals surface area contributed by atoms with Crippen molar-refractivity contribution in [1.29, 1.82) is 0 Å². The van der Waals surface area contributed by atoms with Crippen molar-refractivity contribution in [3.8, 4) is 0 Å². The largest absolute Gasteiger partial charge is 0.276 e. The van der Waals surface area contributed by atoms with Gasteiger partial charge in [-0.2, -0.15) is 0 Å².